The number of methoxy groups -OCH3 is 2. The van der Waals surface area contributed by atoms with Gasteiger partial charge in [0, 0.05) is 16.6 Å². The number of hydrogen-bond acceptors (Lipinski definition) is 3. The fourth-order valence-electron chi connectivity index (χ4n) is 2.67. The van der Waals surface area contributed by atoms with Gasteiger partial charge < -0.3 is 14.8 Å². The summed E-state index contributed by atoms with van der Waals surface area (Å²) in [4.78, 5) is 0. The van der Waals surface area contributed by atoms with Crippen molar-refractivity contribution in [2.45, 2.75) is 44.7 Å². The van der Waals surface area contributed by atoms with Gasteiger partial charge in [0.05, 0.1) is 14.2 Å². The average Bonchev–Trinajstić information content (AvgIpc) is 2.84. The molecule has 1 aliphatic rings. The fraction of sp³-hybridized carbons (Fsp3) is 0.600. The maximum absolute atomic E-state index is 5.36. The molecule has 1 aliphatic carbocycles. The van der Waals surface area contributed by atoms with Crippen molar-refractivity contribution in [2.75, 3.05) is 14.2 Å². The zero-order valence-electron chi connectivity index (χ0n) is 11.9. The molecule has 1 fully saturated rings. The van der Waals surface area contributed by atoms with E-state index in [9.17, 15) is 0 Å². The molecule has 2 rings (SSSR count). The molecule has 0 heterocycles. The molecule has 1 aromatic carbocycles. The first-order valence-electron chi connectivity index (χ1n) is 6.73. The van der Waals surface area contributed by atoms with E-state index in [0.717, 1.165) is 22.5 Å². The second kappa shape index (κ2) is 6.14. The van der Waals surface area contributed by atoms with Crippen LogP contribution in [-0.4, -0.2) is 19.8 Å². The molecule has 1 aromatic rings. The number of rotatable bonds is 5. The van der Waals surface area contributed by atoms with Gasteiger partial charge in [-0.2, -0.15) is 0 Å². The summed E-state index contributed by atoms with van der Waals surface area (Å²) in [5.74, 6) is 1.53. The summed E-state index contributed by atoms with van der Waals surface area (Å²) in [6.45, 7) is 3.16. The first kappa shape index (κ1) is 14.7. The third-order valence-electron chi connectivity index (χ3n) is 3.97. The highest BCUT2D eigenvalue weighted by molar-refractivity contribution is 9.10. The van der Waals surface area contributed by atoms with Crippen LogP contribution in [0.5, 0.6) is 11.5 Å². The lowest BCUT2D eigenvalue weighted by molar-refractivity contribution is 0.350. The number of nitrogens with one attached hydrogen (secondary N) is 1. The Kier molecular flexibility index (Phi) is 4.74. The standard InChI is InChI=1S/C15H22BrNO2/c1-15(6-4-5-7-15)17-10-11-8-13(18-2)14(19-3)9-12(11)16/h8-9,17H,4-7,10H2,1-3H3. The molecule has 0 unspecified atom stereocenters. The summed E-state index contributed by atoms with van der Waals surface area (Å²) in [5, 5.41) is 3.68. The average molecular weight is 328 g/mol. The molecule has 3 nitrogen and oxygen atoms in total. The Hall–Kier alpha value is -0.740. The van der Waals surface area contributed by atoms with Crippen LogP contribution >= 0.6 is 15.9 Å². The highest BCUT2D eigenvalue weighted by Crippen LogP contribution is 2.34. The van der Waals surface area contributed by atoms with Crippen LogP contribution in [0.4, 0.5) is 0 Å². The van der Waals surface area contributed by atoms with Gasteiger partial charge in [-0.15, -0.1) is 0 Å². The van der Waals surface area contributed by atoms with Gasteiger partial charge in [-0.3, -0.25) is 0 Å². The molecule has 4 heteroatoms. The van der Waals surface area contributed by atoms with Crippen molar-refractivity contribution in [3.05, 3.63) is 22.2 Å². The van der Waals surface area contributed by atoms with Crippen molar-refractivity contribution in [3.63, 3.8) is 0 Å². The van der Waals surface area contributed by atoms with E-state index in [1.807, 2.05) is 12.1 Å². The van der Waals surface area contributed by atoms with E-state index in [2.05, 4.69) is 28.2 Å². The molecule has 0 radical (unpaired) electrons. The Morgan fingerprint density at radius 2 is 1.74 bits per heavy atom. The smallest absolute Gasteiger partial charge is 0.161 e. The van der Waals surface area contributed by atoms with Crippen LogP contribution in [-0.2, 0) is 6.54 Å². The molecule has 0 atom stereocenters. The minimum Gasteiger partial charge on any atom is -0.493 e. The Bertz CT molecular complexity index is 442. The number of ether oxygens (including phenoxy) is 2. The Morgan fingerprint density at radius 1 is 1.16 bits per heavy atom. The SMILES string of the molecule is COc1cc(Br)c(CNC2(C)CCCC2)cc1OC. The summed E-state index contributed by atoms with van der Waals surface area (Å²) in [6, 6.07) is 4.00. The minimum absolute atomic E-state index is 0.284. The van der Waals surface area contributed by atoms with E-state index >= 15 is 0 Å². The molecule has 106 valence electrons. The Balaban J connectivity index is 2.11. The summed E-state index contributed by atoms with van der Waals surface area (Å²) >= 11 is 3.60. The largest absolute Gasteiger partial charge is 0.493 e. The van der Waals surface area contributed by atoms with Crippen molar-refractivity contribution in [1.82, 2.24) is 5.32 Å². The van der Waals surface area contributed by atoms with Gasteiger partial charge in [0.1, 0.15) is 0 Å². The van der Waals surface area contributed by atoms with Crippen LogP contribution in [0.1, 0.15) is 38.2 Å². The first-order valence-corrected chi connectivity index (χ1v) is 7.53. The van der Waals surface area contributed by atoms with Gasteiger partial charge in [0.15, 0.2) is 11.5 Å². The topological polar surface area (TPSA) is 30.5 Å². The highest BCUT2D eigenvalue weighted by Gasteiger charge is 2.27. The Morgan fingerprint density at radius 3 is 2.32 bits per heavy atom. The van der Waals surface area contributed by atoms with Crippen LogP contribution in [0.25, 0.3) is 0 Å². The lowest BCUT2D eigenvalue weighted by Crippen LogP contribution is -2.38. The number of halogens is 1. The molecule has 0 spiro atoms. The second-order valence-electron chi connectivity index (χ2n) is 5.42. The quantitative estimate of drug-likeness (QED) is 0.889. The van der Waals surface area contributed by atoms with E-state index in [-0.39, 0.29) is 5.54 Å². The van der Waals surface area contributed by atoms with E-state index in [1.165, 1.54) is 31.2 Å². The van der Waals surface area contributed by atoms with Crippen LogP contribution < -0.4 is 14.8 Å². The van der Waals surface area contributed by atoms with Crippen molar-refractivity contribution in [1.29, 1.82) is 0 Å². The predicted octanol–water partition coefficient (Wildman–Crippen LogP) is 3.89. The van der Waals surface area contributed by atoms with Crippen LogP contribution in [0, 0.1) is 0 Å². The van der Waals surface area contributed by atoms with E-state index in [0.29, 0.717) is 0 Å². The van der Waals surface area contributed by atoms with Crippen LogP contribution in [0.15, 0.2) is 16.6 Å². The highest BCUT2D eigenvalue weighted by atomic mass is 79.9. The van der Waals surface area contributed by atoms with Gasteiger partial charge in [0.2, 0.25) is 0 Å². The monoisotopic (exact) mass is 327 g/mol. The van der Waals surface area contributed by atoms with E-state index in [4.69, 9.17) is 9.47 Å². The third kappa shape index (κ3) is 3.42. The second-order valence-corrected chi connectivity index (χ2v) is 6.27. The fourth-order valence-corrected chi connectivity index (χ4v) is 3.14. The molecule has 19 heavy (non-hydrogen) atoms. The van der Waals surface area contributed by atoms with Gasteiger partial charge in [-0.25, -0.2) is 0 Å². The number of benzene rings is 1. The van der Waals surface area contributed by atoms with Crippen molar-refractivity contribution >= 4 is 15.9 Å². The van der Waals surface area contributed by atoms with E-state index < -0.39 is 0 Å². The van der Waals surface area contributed by atoms with Crippen molar-refractivity contribution in [3.8, 4) is 11.5 Å². The summed E-state index contributed by atoms with van der Waals surface area (Å²) < 4.78 is 11.7. The molecule has 1 N–H and O–H groups in total. The van der Waals surface area contributed by atoms with Gasteiger partial charge in [-0.1, -0.05) is 28.8 Å². The lowest BCUT2D eigenvalue weighted by atomic mass is 10.0. The minimum atomic E-state index is 0.284. The molecule has 0 aliphatic heterocycles. The summed E-state index contributed by atoms with van der Waals surface area (Å²) in [7, 11) is 3.32. The zero-order valence-corrected chi connectivity index (χ0v) is 13.5. The molecule has 1 saturated carbocycles. The lowest BCUT2D eigenvalue weighted by Gasteiger charge is -2.26. The molecule has 0 bridgehead atoms. The molecule has 0 saturated heterocycles. The zero-order chi connectivity index (χ0) is 13.9. The van der Waals surface area contributed by atoms with Crippen LogP contribution in [0.2, 0.25) is 0 Å². The third-order valence-corrected chi connectivity index (χ3v) is 4.70. The maximum atomic E-state index is 5.36. The van der Waals surface area contributed by atoms with E-state index in [1.54, 1.807) is 14.2 Å². The molecule has 0 amide bonds. The molecular formula is C15H22BrNO2. The summed E-state index contributed by atoms with van der Waals surface area (Å²) in [5.41, 5.74) is 1.48. The maximum Gasteiger partial charge on any atom is 0.161 e. The summed E-state index contributed by atoms with van der Waals surface area (Å²) in [6.07, 6.45) is 5.18. The molecular weight excluding hydrogens is 306 g/mol. The van der Waals surface area contributed by atoms with Gasteiger partial charge in [-0.05, 0) is 37.5 Å². The van der Waals surface area contributed by atoms with Crippen molar-refractivity contribution in [2.24, 2.45) is 0 Å². The van der Waals surface area contributed by atoms with Gasteiger partial charge in [0.25, 0.3) is 0 Å². The Labute approximate surface area is 123 Å². The predicted molar refractivity (Wildman–Crippen MR) is 81.0 cm³/mol. The first-order chi connectivity index (χ1) is 9.08. The normalized spacial score (nSPS) is 17.5. The number of hydrogen-bond donors (Lipinski definition) is 1. The van der Waals surface area contributed by atoms with Crippen molar-refractivity contribution < 1.29 is 9.47 Å². The molecule has 0 aromatic heterocycles. The van der Waals surface area contributed by atoms with Gasteiger partial charge >= 0.3 is 0 Å². The van der Waals surface area contributed by atoms with Crippen LogP contribution in [0.3, 0.4) is 0 Å².